The molecule has 0 aliphatic carbocycles. The smallest absolute Gasteiger partial charge is 0.246 e. The topological polar surface area (TPSA) is 97.3 Å². The highest BCUT2D eigenvalue weighted by molar-refractivity contribution is 5.77. The van der Waals surface area contributed by atoms with Gasteiger partial charge in [0.15, 0.2) is 17.4 Å². The molecule has 0 amide bonds. The van der Waals surface area contributed by atoms with Gasteiger partial charge in [0.1, 0.15) is 6.10 Å². The van der Waals surface area contributed by atoms with Crippen molar-refractivity contribution in [3.05, 3.63) is 6.33 Å². The molecule has 3 unspecified atom stereocenters. The fraction of sp³-hybridized carbons (Fsp3) is 0.643. The van der Waals surface area contributed by atoms with Crippen LogP contribution in [0.3, 0.4) is 0 Å². The Labute approximate surface area is 128 Å². The highest BCUT2D eigenvalue weighted by atomic mass is 16.6. The molecule has 1 aliphatic heterocycles. The maximum absolute atomic E-state index is 5.99. The number of nitrogens with zero attached hydrogens (tertiary/aromatic N) is 4. The van der Waals surface area contributed by atoms with Crippen LogP contribution >= 0.6 is 0 Å². The molecule has 0 spiro atoms. The van der Waals surface area contributed by atoms with Gasteiger partial charge in [0.05, 0.1) is 19.5 Å². The first kappa shape index (κ1) is 15.0. The van der Waals surface area contributed by atoms with Crippen molar-refractivity contribution in [2.75, 3.05) is 19.5 Å². The highest BCUT2D eigenvalue weighted by Gasteiger charge is 2.36. The first-order valence-corrected chi connectivity index (χ1v) is 7.45. The Kier molecular flexibility index (Phi) is 4.12. The average molecular weight is 307 g/mol. The monoisotopic (exact) mass is 307 g/mol. The minimum Gasteiger partial charge on any atom is -0.479 e. The highest BCUT2D eigenvalue weighted by Crippen LogP contribution is 2.34. The van der Waals surface area contributed by atoms with Crippen LogP contribution in [0.1, 0.15) is 32.9 Å². The van der Waals surface area contributed by atoms with E-state index in [2.05, 4.69) is 21.9 Å². The number of ether oxygens (including phenoxy) is 3. The van der Waals surface area contributed by atoms with Gasteiger partial charge in [-0.1, -0.05) is 6.92 Å². The summed E-state index contributed by atoms with van der Waals surface area (Å²) < 4.78 is 19.0. The van der Waals surface area contributed by atoms with Crippen molar-refractivity contribution in [2.45, 2.75) is 45.1 Å². The van der Waals surface area contributed by atoms with Crippen molar-refractivity contribution in [1.82, 2.24) is 19.5 Å². The number of aromatic nitrogens is 4. The third-order valence-electron chi connectivity index (χ3n) is 3.66. The van der Waals surface area contributed by atoms with Crippen LogP contribution in [0.25, 0.3) is 11.2 Å². The van der Waals surface area contributed by atoms with E-state index in [0.717, 1.165) is 12.8 Å². The Balaban J connectivity index is 2.00. The first-order valence-electron chi connectivity index (χ1n) is 7.45. The van der Waals surface area contributed by atoms with Gasteiger partial charge in [-0.2, -0.15) is 9.97 Å². The van der Waals surface area contributed by atoms with Gasteiger partial charge in [0.25, 0.3) is 0 Å². The number of nitrogens with two attached hydrogens (primary N) is 1. The second kappa shape index (κ2) is 6.05. The number of anilines is 1. The van der Waals surface area contributed by atoms with Crippen LogP contribution in [0.2, 0.25) is 0 Å². The van der Waals surface area contributed by atoms with Crippen LogP contribution in [0.4, 0.5) is 5.95 Å². The molecule has 8 nitrogen and oxygen atoms in total. The molecule has 0 bridgehead atoms. The molecule has 0 saturated carbocycles. The SMILES string of the molecule is CCCOC1CC(C)OC1n1cnc2c(OC)nc(N)nc21. The van der Waals surface area contributed by atoms with Gasteiger partial charge in [-0.25, -0.2) is 4.98 Å². The molecule has 2 N–H and O–H groups in total. The molecule has 0 aromatic carbocycles. The molecular formula is C14H21N5O3. The molecule has 1 fully saturated rings. The second-order valence-corrected chi connectivity index (χ2v) is 5.40. The second-order valence-electron chi connectivity index (χ2n) is 5.40. The van der Waals surface area contributed by atoms with E-state index < -0.39 is 0 Å². The van der Waals surface area contributed by atoms with Gasteiger partial charge in [-0.05, 0) is 13.3 Å². The van der Waals surface area contributed by atoms with E-state index >= 15 is 0 Å². The third-order valence-corrected chi connectivity index (χ3v) is 3.66. The standard InChI is InChI=1S/C14H21N5O3/c1-4-5-21-9-6-8(2)22-13(9)19-7-16-10-11(19)17-14(15)18-12(10)20-3/h7-9,13H,4-6H2,1-3H3,(H2,15,17,18). The molecule has 2 aromatic heterocycles. The van der Waals surface area contributed by atoms with E-state index in [0.29, 0.717) is 23.7 Å². The predicted molar refractivity (Wildman–Crippen MR) is 80.5 cm³/mol. The summed E-state index contributed by atoms with van der Waals surface area (Å²) in [7, 11) is 1.53. The predicted octanol–water partition coefficient (Wildman–Crippen LogP) is 1.52. The zero-order valence-corrected chi connectivity index (χ0v) is 13.0. The quantitative estimate of drug-likeness (QED) is 0.894. The van der Waals surface area contributed by atoms with Crippen molar-refractivity contribution in [3.63, 3.8) is 0 Å². The van der Waals surface area contributed by atoms with Gasteiger partial charge in [0, 0.05) is 13.0 Å². The van der Waals surface area contributed by atoms with Crippen molar-refractivity contribution < 1.29 is 14.2 Å². The van der Waals surface area contributed by atoms with E-state index in [4.69, 9.17) is 19.9 Å². The molecule has 0 radical (unpaired) electrons. The lowest BCUT2D eigenvalue weighted by Crippen LogP contribution is -2.23. The maximum atomic E-state index is 5.99. The van der Waals surface area contributed by atoms with Crippen LogP contribution in [-0.4, -0.2) is 45.4 Å². The summed E-state index contributed by atoms with van der Waals surface area (Å²) in [5, 5.41) is 0. The van der Waals surface area contributed by atoms with Gasteiger partial charge < -0.3 is 19.9 Å². The number of nitrogen functional groups attached to an aromatic ring is 1. The average Bonchev–Trinajstić information content (AvgIpc) is 3.07. The maximum Gasteiger partial charge on any atom is 0.246 e. The Morgan fingerprint density at radius 1 is 1.45 bits per heavy atom. The van der Waals surface area contributed by atoms with Crippen LogP contribution in [-0.2, 0) is 9.47 Å². The largest absolute Gasteiger partial charge is 0.479 e. The summed E-state index contributed by atoms with van der Waals surface area (Å²) in [6.07, 6.45) is 3.28. The molecular weight excluding hydrogens is 286 g/mol. The number of hydrogen-bond acceptors (Lipinski definition) is 7. The molecule has 2 aromatic rings. The van der Waals surface area contributed by atoms with Crippen molar-refractivity contribution in [3.8, 4) is 5.88 Å². The summed E-state index contributed by atoms with van der Waals surface area (Å²) >= 11 is 0. The molecule has 3 atom stereocenters. The van der Waals surface area contributed by atoms with Gasteiger partial charge in [-0.3, -0.25) is 4.57 Å². The van der Waals surface area contributed by atoms with Crippen molar-refractivity contribution in [2.24, 2.45) is 0 Å². The Hall–Kier alpha value is -1.93. The molecule has 1 saturated heterocycles. The lowest BCUT2D eigenvalue weighted by atomic mass is 10.2. The molecule has 1 aliphatic rings. The number of fused-ring (bicyclic) bond motifs is 1. The van der Waals surface area contributed by atoms with Crippen LogP contribution < -0.4 is 10.5 Å². The summed E-state index contributed by atoms with van der Waals surface area (Å²) in [5.74, 6) is 0.501. The summed E-state index contributed by atoms with van der Waals surface area (Å²) in [4.78, 5) is 12.7. The van der Waals surface area contributed by atoms with E-state index in [1.807, 2.05) is 11.5 Å². The summed E-state index contributed by atoms with van der Waals surface area (Å²) in [6.45, 7) is 4.81. The molecule has 8 heteroatoms. The number of rotatable bonds is 5. The zero-order valence-electron chi connectivity index (χ0n) is 13.0. The van der Waals surface area contributed by atoms with Crippen LogP contribution in [0.5, 0.6) is 5.88 Å². The van der Waals surface area contributed by atoms with E-state index in [-0.39, 0.29) is 24.4 Å². The first-order chi connectivity index (χ1) is 10.6. The lowest BCUT2D eigenvalue weighted by molar-refractivity contribution is -0.0576. The minimum atomic E-state index is -0.273. The van der Waals surface area contributed by atoms with Crippen LogP contribution in [0.15, 0.2) is 6.33 Å². The van der Waals surface area contributed by atoms with E-state index in [9.17, 15) is 0 Å². The van der Waals surface area contributed by atoms with Gasteiger partial charge >= 0.3 is 0 Å². The molecule has 3 heterocycles. The Bertz CT molecular complexity index is 659. The van der Waals surface area contributed by atoms with E-state index in [1.54, 1.807) is 6.33 Å². The molecule has 3 rings (SSSR count). The Morgan fingerprint density at radius 2 is 2.27 bits per heavy atom. The van der Waals surface area contributed by atoms with Gasteiger partial charge in [0.2, 0.25) is 11.8 Å². The number of hydrogen-bond donors (Lipinski definition) is 1. The van der Waals surface area contributed by atoms with Crippen molar-refractivity contribution >= 4 is 17.1 Å². The summed E-state index contributed by atoms with van der Waals surface area (Å²) in [5.41, 5.74) is 6.91. The normalized spacial score (nSPS) is 25.0. The summed E-state index contributed by atoms with van der Waals surface area (Å²) in [6, 6.07) is 0. The number of imidazole rings is 1. The minimum absolute atomic E-state index is 0.0328. The van der Waals surface area contributed by atoms with Crippen molar-refractivity contribution in [1.29, 1.82) is 0 Å². The fourth-order valence-corrected chi connectivity index (χ4v) is 2.72. The number of methoxy groups -OCH3 is 1. The Morgan fingerprint density at radius 3 is 3.00 bits per heavy atom. The third kappa shape index (κ3) is 2.59. The zero-order chi connectivity index (χ0) is 15.7. The van der Waals surface area contributed by atoms with Crippen LogP contribution in [0, 0.1) is 0 Å². The molecule has 22 heavy (non-hydrogen) atoms. The lowest BCUT2D eigenvalue weighted by Gasteiger charge is -2.20. The molecule has 120 valence electrons. The fourth-order valence-electron chi connectivity index (χ4n) is 2.72. The van der Waals surface area contributed by atoms with E-state index in [1.165, 1.54) is 7.11 Å². The van der Waals surface area contributed by atoms with Gasteiger partial charge in [-0.15, -0.1) is 0 Å².